The number of unbranched alkanes of at least 4 members (excludes halogenated alkanes) is 1. The molecule has 164 valence electrons. The third kappa shape index (κ3) is 11.0. The van der Waals surface area contributed by atoms with Gasteiger partial charge in [0.1, 0.15) is 5.75 Å². The normalized spacial score (nSPS) is 19.8. The smallest absolute Gasteiger partial charge is 0.325 e. The van der Waals surface area contributed by atoms with E-state index in [1.807, 2.05) is 0 Å². The lowest BCUT2D eigenvalue weighted by atomic mass is 9.87. The summed E-state index contributed by atoms with van der Waals surface area (Å²) in [5, 5.41) is 3.78. The highest BCUT2D eigenvalue weighted by Crippen LogP contribution is 2.26. The second-order valence-electron chi connectivity index (χ2n) is 7.31. The Bertz CT molecular complexity index is 717. The van der Waals surface area contributed by atoms with Gasteiger partial charge in [-0.1, -0.05) is 11.6 Å². The van der Waals surface area contributed by atoms with Crippen molar-refractivity contribution < 1.29 is 26.9 Å². The highest BCUT2D eigenvalue weighted by Gasteiger charge is 2.21. The number of rotatable bonds is 12. The molecule has 7 nitrogen and oxygen atoms in total. The largest absolute Gasteiger partial charge is 0.426 e. The monoisotopic (exact) mass is 447 g/mol. The predicted molar refractivity (Wildman–Crippen MR) is 112 cm³/mol. The van der Waals surface area contributed by atoms with Gasteiger partial charge in [0.25, 0.3) is 10.1 Å². The highest BCUT2D eigenvalue weighted by atomic mass is 35.5. The number of ether oxygens (including phenoxy) is 2. The molecule has 0 unspecified atom stereocenters. The lowest BCUT2D eigenvalue weighted by molar-refractivity contribution is -0.133. The molecule has 1 aliphatic carbocycles. The standard InChI is InChI=1S/C20H30ClNO6S/c1-29(24,25)27-13-3-2-12-26-18-8-4-16(5-9-18)14-22-15-20(23)28-19-10-6-17(21)7-11-19/h6-7,10-11,16,18,22H,2-5,8-9,12-15H2,1H3. The van der Waals surface area contributed by atoms with Gasteiger partial charge in [0.2, 0.25) is 0 Å². The first kappa shape index (κ1) is 24.1. The Morgan fingerprint density at radius 1 is 1.10 bits per heavy atom. The molecule has 29 heavy (non-hydrogen) atoms. The van der Waals surface area contributed by atoms with Crippen molar-refractivity contribution in [3.05, 3.63) is 29.3 Å². The lowest BCUT2D eigenvalue weighted by Gasteiger charge is -2.28. The molecule has 2 rings (SSSR count). The van der Waals surface area contributed by atoms with Crippen LogP contribution in [0.15, 0.2) is 24.3 Å². The Balaban J connectivity index is 1.49. The van der Waals surface area contributed by atoms with Crippen molar-refractivity contribution in [3.8, 4) is 5.75 Å². The number of nitrogens with one attached hydrogen (secondary N) is 1. The van der Waals surface area contributed by atoms with Crippen molar-refractivity contribution in [1.82, 2.24) is 5.32 Å². The summed E-state index contributed by atoms with van der Waals surface area (Å²) in [4.78, 5) is 11.9. The topological polar surface area (TPSA) is 90.9 Å². The molecular weight excluding hydrogens is 418 g/mol. The van der Waals surface area contributed by atoms with Gasteiger partial charge in [-0.05, 0) is 75.3 Å². The van der Waals surface area contributed by atoms with Crippen LogP contribution in [0, 0.1) is 5.92 Å². The number of benzene rings is 1. The Morgan fingerprint density at radius 2 is 1.76 bits per heavy atom. The molecule has 0 radical (unpaired) electrons. The molecule has 0 spiro atoms. The summed E-state index contributed by atoms with van der Waals surface area (Å²) in [7, 11) is -3.35. The van der Waals surface area contributed by atoms with Crippen LogP contribution in [0.1, 0.15) is 38.5 Å². The van der Waals surface area contributed by atoms with Gasteiger partial charge in [-0.2, -0.15) is 8.42 Å². The van der Waals surface area contributed by atoms with Crippen LogP contribution >= 0.6 is 11.6 Å². The number of hydrogen-bond acceptors (Lipinski definition) is 7. The second-order valence-corrected chi connectivity index (χ2v) is 9.39. The molecule has 9 heteroatoms. The van der Waals surface area contributed by atoms with Gasteiger partial charge in [0.15, 0.2) is 0 Å². The molecule has 0 atom stereocenters. The summed E-state index contributed by atoms with van der Waals surface area (Å²) in [6.45, 7) is 1.79. The van der Waals surface area contributed by atoms with E-state index in [4.69, 9.17) is 25.3 Å². The van der Waals surface area contributed by atoms with Crippen LogP contribution < -0.4 is 10.1 Å². The van der Waals surface area contributed by atoms with E-state index in [1.54, 1.807) is 24.3 Å². The van der Waals surface area contributed by atoms with Gasteiger partial charge in [-0.25, -0.2) is 0 Å². The average molecular weight is 448 g/mol. The predicted octanol–water partition coefficient (Wildman–Crippen LogP) is 3.17. The highest BCUT2D eigenvalue weighted by molar-refractivity contribution is 7.85. The molecule has 1 saturated carbocycles. The zero-order valence-electron chi connectivity index (χ0n) is 16.8. The Hall–Kier alpha value is -1.19. The molecule has 1 aromatic rings. The van der Waals surface area contributed by atoms with E-state index in [9.17, 15) is 13.2 Å². The van der Waals surface area contributed by atoms with Crippen LogP contribution in [0.2, 0.25) is 5.02 Å². The molecule has 0 saturated heterocycles. The van der Waals surface area contributed by atoms with Gasteiger partial charge >= 0.3 is 5.97 Å². The van der Waals surface area contributed by atoms with Crippen LogP contribution in [-0.2, 0) is 23.8 Å². The molecule has 1 N–H and O–H groups in total. The number of hydrogen-bond donors (Lipinski definition) is 1. The molecule has 0 aliphatic heterocycles. The molecule has 0 bridgehead atoms. The van der Waals surface area contributed by atoms with Gasteiger partial charge in [0, 0.05) is 11.6 Å². The van der Waals surface area contributed by atoms with E-state index < -0.39 is 10.1 Å². The summed E-state index contributed by atoms with van der Waals surface area (Å²) in [6, 6.07) is 6.70. The third-order valence-corrected chi connectivity index (χ3v) is 5.58. The fourth-order valence-electron chi connectivity index (χ4n) is 3.22. The number of halogens is 1. The van der Waals surface area contributed by atoms with Crippen molar-refractivity contribution in [3.63, 3.8) is 0 Å². The van der Waals surface area contributed by atoms with Gasteiger partial charge in [-0.3, -0.25) is 8.98 Å². The number of esters is 1. The summed E-state index contributed by atoms with van der Waals surface area (Å²) < 4.78 is 37.5. The number of carbonyl (C=O) groups excluding carboxylic acids is 1. The summed E-state index contributed by atoms with van der Waals surface area (Å²) in [6.07, 6.45) is 6.88. The first-order chi connectivity index (χ1) is 13.8. The molecule has 1 aliphatic rings. The van der Waals surface area contributed by atoms with Gasteiger partial charge in [0.05, 0.1) is 25.5 Å². The van der Waals surface area contributed by atoms with E-state index in [0.29, 0.717) is 29.7 Å². The first-order valence-electron chi connectivity index (χ1n) is 9.95. The minimum atomic E-state index is -3.35. The molecule has 1 aromatic carbocycles. The fraction of sp³-hybridized carbons (Fsp3) is 0.650. The van der Waals surface area contributed by atoms with E-state index in [1.165, 1.54) is 0 Å². The van der Waals surface area contributed by atoms with Crippen molar-refractivity contribution in [2.24, 2.45) is 5.92 Å². The molecule has 1 fully saturated rings. The summed E-state index contributed by atoms with van der Waals surface area (Å²) in [5.74, 6) is 0.701. The van der Waals surface area contributed by atoms with Crippen LogP contribution in [0.3, 0.4) is 0 Å². The molecule has 0 aromatic heterocycles. The molecule has 0 amide bonds. The Kier molecular flexibility index (Phi) is 10.4. The van der Waals surface area contributed by atoms with E-state index >= 15 is 0 Å². The average Bonchev–Trinajstić information content (AvgIpc) is 2.67. The van der Waals surface area contributed by atoms with E-state index in [0.717, 1.165) is 44.9 Å². The lowest BCUT2D eigenvalue weighted by Crippen LogP contribution is -2.33. The maximum atomic E-state index is 11.9. The van der Waals surface area contributed by atoms with Crippen LogP contribution in [-0.4, -0.2) is 53.1 Å². The van der Waals surface area contributed by atoms with Crippen LogP contribution in [0.25, 0.3) is 0 Å². The Labute approximate surface area is 178 Å². The van der Waals surface area contributed by atoms with Gasteiger partial charge in [-0.15, -0.1) is 0 Å². The maximum Gasteiger partial charge on any atom is 0.325 e. The van der Waals surface area contributed by atoms with E-state index in [2.05, 4.69) is 5.32 Å². The zero-order valence-corrected chi connectivity index (χ0v) is 18.3. The summed E-state index contributed by atoms with van der Waals surface area (Å²) >= 11 is 5.80. The zero-order chi connectivity index (χ0) is 21.1. The SMILES string of the molecule is CS(=O)(=O)OCCCCOC1CCC(CNCC(=O)Oc2ccc(Cl)cc2)CC1. The number of carbonyl (C=O) groups is 1. The maximum absolute atomic E-state index is 11.9. The van der Waals surface area contributed by atoms with E-state index in [-0.39, 0.29) is 25.2 Å². The minimum absolute atomic E-state index is 0.175. The summed E-state index contributed by atoms with van der Waals surface area (Å²) in [5.41, 5.74) is 0. The van der Waals surface area contributed by atoms with Gasteiger partial charge < -0.3 is 14.8 Å². The van der Waals surface area contributed by atoms with Crippen molar-refractivity contribution in [2.75, 3.05) is 32.6 Å². The van der Waals surface area contributed by atoms with Crippen LogP contribution in [0.5, 0.6) is 5.75 Å². The molecular formula is C20H30ClNO6S. The quantitative estimate of drug-likeness (QED) is 0.228. The third-order valence-electron chi connectivity index (χ3n) is 4.73. The first-order valence-corrected chi connectivity index (χ1v) is 12.1. The second kappa shape index (κ2) is 12.5. The fourth-order valence-corrected chi connectivity index (χ4v) is 3.76. The van der Waals surface area contributed by atoms with Crippen LogP contribution in [0.4, 0.5) is 0 Å². The molecule has 0 heterocycles. The minimum Gasteiger partial charge on any atom is -0.426 e. The van der Waals surface area contributed by atoms with Crippen molar-refractivity contribution in [1.29, 1.82) is 0 Å². The van der Waals surface area contributed by atoms with Crippen molar-refractivity contribution >= 4 is 27.7 Å². The van der Waals surface area contributed by atoms with Crippen molar-refractivity contribution in [2.45, 2.75) is 44.6 Å². The Morgan fingerprint density at radius 3 is 2.41 bits per heavy atom.